The van der Waals surface area contributed by atoms with E-state index < -0.39 is 0 Å². The fourth-order valence-electron chi connectivity index (χ4n) is 3.33. The molecule has 0 fully saturated rings. The number of aldehydes is 1. The maximum absolute atomic E-state index is 11.1. The molecule has 152 valence electrons. The lowest BCUT2D eigenvalue weighted by Crippen LogP contribution is -2.01. The smallest absolute Gasteiger partial charge is 0.160 e. The fraction of sp³-hybridized carbons (Fsp3) is 0.208. The van der Waals surface area contributed by atoms with Crippen LogP contribution in [0.5, 0.6) is 5.75 Å². The molecule has 0 aliphatic rings. The Hall–Kier alpha value is -2.83. The third-order valence-corrected chi connectivity index (χ3v) is 7.21. The van der Waals surface area contributed by atoms with Crippen LogP contribution in [0.1, 0.15) is 38.8 Å². The number of hydrogen-bond acceptors (Lipinski definition) is 6. The van der Waals surface area contributed by atoms with Gasteiger partial charge in [0, 0.05) is 5.56 Å². The van der Waals surface area contributed by atoms with E-state index in [1.807, 2.05) is 31.2 Å². The van der Waals surface area contributed by atoms with Gasteiger partial charge in [0.25, 0.3) is 0 Å². The number of nitrogens with zero attached hydrogens (tertiary/aromatic N) is 2. The molecular formula is C24H22N2O2S2. The van der Waals surface area contributed by atoms with Gasteiger partial charge >= 0.3 is 0 Å². The van der Waals surface area contributed by atoms with Crippen LogP contribution in [0.4, 0.5) is 0 Å². The maximum Gasteiger partial charge on any atom is 0.160 e. The van der Waals surface area contributed by atoms with E-state index in [0.717, 1.165) is 66.0 Å². The summed E-state index contributed by atoms with van der Waals surface area (Å²) < 4.78 is 6.17. The SMILES string of the molecule is CCc1cc(-c2nnc(-c3cc(C)c(C=O)s3)s2)cc(C)c1OCc1ccccc1. The quantitative estimate of drug-likeness (QED) is 0.311. The molecule has 0 aliphatic carbocycles. The number of thiophene rings is 1. The molecule has 0 saturated heterocycles. The molecule has 2 heterocycles. The molecule has 0 saturated carbocycles. The number of carbonyl (C=O) groups is 1. The summed E-state index contributed by atoms with van der Waals surface area (Å²) in [6.45, 7) is 6.70. The average Bonchev–Trinajstić information content (AvgIpc) is 3.39. The molecule has 6 heteroatoms. The molecule has 0 spiro atoms. The number of ether oxygens (including phenoxy) is 1. The van der Waals surface area contributed by atoms with E-state index in [4.69, 9.17) is 4.74 Å². The second-order valence-corrected chi connectivity index (χ2v) is 9.16. The van der Waals surface area contributed by atoms with E-state index >= 15 is 0 Å². The summed E-state index contributed by atoms with van der Waals surface area (Å²) in [4.78, 5) is 12.9. The third-order valence-electron chi connectivity index (χ3n) is 4.90. The average molecular weight is 435 g/mol. The Labute approximate surface area is 184 Å². The highest BCUT2D eigenvalue weighted by molar-refractivity contribution is 7.24. The highest BCUT2D eigenvalue weighted by atomic mass is 32.1. The molecule has 0 unspecified atom stereocenters. The summed E-state index contributed by atoms with van der Waals surface area (Å²) in [5, 5.41) is 10.5. The van der Waals surface area contributed by atoms with Crippen molar-refractivity contribution in [1.82, 2.24) is 10.2 Å². The maximum atomic E-state index is 11.1. The van der Waals surface area contributed by atoms with Gasteiger partial charge < -0.3 is 4.74 Å². The van der Waals surface area contributed by atoms with Crippen molar-refractivity contribution in [1.29, 1.82) is 0 Å². The molecule has 2 aromatic carbocycles. The highest BCUT2D eigenvalue weighted by Crippen LogP contribution is 2.37. The first-order chi connectivity index (χ1) is 14.6. The van der Waals surface area contributed by atoms with Crippen LogP contribution in [0.25, 0.3) is 20.5 Å². The summed E-state index contributed by atoms with van der Waals surface area (Å²) >= 11 is 3.01. The van der Waals surface area contributed by atoms with Gasteiger partial charge in [-0.1, -0.05) is 48.6 Å². The van der Waals surface area contributed by atoms with Crippen LogP contribution in [0.2, 0.25) is 0 Å². The highest BCUT2D eigenvalue weighted by Gasteiger charge is 2.16. The lowest BCUT2D eigenvalue weighted by Gasteiger charge is -2.15. The van der Waals surface area contributed by atoms with E-state index in [-0.39, 0.29) is 0 Å². The minimum Gasteiger partial charge on any atom is -0.488 e. The van der Waals surface area contributed by atoms with Crippen LogP contribution in [0, 0.1) is 13.8 Å². The van der Waals surface area contributed by atoms with E-state index in [1.165, 1.54) is 11.3 Å². The standard InChI is InChI=1S/C24H22N2O2S2/c1-4-18-12-19(10-16(3)22(18)28-14-17-8-6-5-7-9-17)23-25-26-24(30-23)20-11-15(2)21(13-27)29-20/h5-13H,4,14H2,1-3H3. The molecule has 0 radical (unpaired) electrons. The molecule has 0 N–H and O–H groups in total. The number of rotatable bonds is 7. The van der Waals surface area contributed by atoms with Gasteiger partial charge in [-0.3, -0.25) is 4.79 Å². The van der Waals surface area contributed by atoms with Crippen molar-refractivity contribution in [2.24, 2.45) is 0 Å². The molecule has 0 bridgehead atoms. The fourth-order valence-corrected chi connectivity index (χ4v) is 5.19. The first-order valence-corrected chi connectivity index (χ1v) is 11.4. The van der Waals surface area contributed by atoms with Crippen LogP contribution in [0.15, 0.2) is 48.5 Å². The number of aryl methyl sites for hydroxylation is 3. The van der Waals surface area contributed by atoms with E-state index in [2.05, 4.69) is 48.3 Å². The molecule has 4 nitrogen and oxygen atoms in total. The van der Waals surface area contributed by atoms with Gasteiger partial charge in [-0.25, -0.2) is 0 Å². The normalized spacial score (nSPS) is 10.9. The zero-order valence-corrected chi connectivity index (χ0v) is 18.8. The summed E-state index contributed by atoms with van der Waals surface area (Å²) in [5.41, 5.74) is 5.42. The largest absolute Gasteiger partial charge is 0.488 e. The first-order valence-electron chi connectivity index (χ1n) is 9.79. The van der Waals surface area contributed by atoms with Crippen LogP contribution >= 0.6 is 22.7 Å². The summed E-state index contributed by atoms with van der Waals surface area (Å²) in [7, 11) is 0. The van der Waals surface area contributed by atoms with Crippen LogP contribution in [-0.2, 0) is 13.0 Å². The van der Waals surface area contributed by atoms with E-state index in [9.17, 15) is 4.79 Å². The molecule has 4 rings (SSSR count). The van der Waals surface area contributed by atoms with Crippen molar-refractivity contribution in [3.8, 4) is 26.2 Å². The number of carbonyl (C=O) groups excluding carboxylic acids is 1. The Morgan fingerprint density at radius 2 is 1.73 bits per heavy atom. The second kappa shape index (κ2) is 8.90. The van der Waals surface area contributed by atoms with Gasteiger partial charge in [-0.2, -0.15) is 0 Å². The zero-order valence-electron chi connectivity index (χ0n) is 17.1. The van der Waals surface area contributed by atoms with Crippen molar-refractivity contribution in [2.75, 3.05) is 0 Å². The minimum absolute atomic E-state index is 0.549. The van der Waals surface area contributed by atoms with E-state index in [1.54, 1.807) is 11.3 Å². The molecule has 0 amide bonds. The van der Waals surface area contributed by atoms with Crippen molar-refractivity contribution in [2.45, 2.75) is 33.8 Å². The van der Waals surface area contributed by atoms with Gasteiger partial charge in [-0.15, -0.1) is 21.5 Å². The predicted molar refractivity (Wildman–Crippen MR) is 124 cm³/mol. The summed E-state index contributed by atoms with van der Waals surface area (Å²) in [6, 6.07) is 16.5. The number of benzene rings is 2. The van der Waals surface area contributed by atoms with Crippen LogP contribution in [0.3, 0.4) is 0 Å². The first kappa shape index (κ1) is 20.4. The molecule has 0 atom stereocenters. The van der Waals surface area contributed by atoms with Crippen molar-refractivity contribution in [3.63, 3.8) is 0 Å². The van der Waals surface area contributed by atoms with Crippen LogP contribution < -0.4 is 4.74 Å². The molecular weight excluding hydrogens is 412 g/mol. The molecule has 0 aliphatic heterocycles. The predicted octanol–water partition coefficient (Wildman–Crippen LogP) is 6.50. The monoisotopic (exact) mass is 434 g/mol. The molecule has 30 heavy (non-hydrogen) atoms. The molecule has 2 aromatic heterocycles. The van der Waals surface area contributed by atoms with Crippen molar-refractivity contribution >= 4 is 29.0 Å². The van der Waals surface area contributed by atoms with Gasteiger partial charge in [0.2, 0.25) is 0 Å². The Morgan fingerprint density at radius 3 is 2.43 bits per heavy atom. The van der Waals surface area contributed by atoms with Crippen molar-refractivity contribution < 1.29 is 9.53 Å². The number of hydrogen-bond donors (Lipinski definition) is 0. The minimum atomic E-state index is 0.549. The summed E-state index contributed by atoms with van der Waals surface area (Å²) in [5.74, 6) is 0.944. The van der Waals surface area contributed by atoms with Gasteiger partial charge in [0.15, 0.2) is 11.3 Å². The van der Waals surface area contributed by atoms with Crippen molar-refractivity contribution in [3.05, 3.63) is 75.7 Å². The Bertz CT molecular complexity index is 1180. The molecule has 4 aromatic rings. The summed E-state index contributed by atoms with van der Waals surface area (Å²) in [6.07, 6.45) is 1.77. The second-order valence-electron chi connectivity index (χ2n) is 7.10. The number of aromatic nitrogens is 2. The Morgan fingerprint density at radius 1 is 0.967 bits per heavy atom. The van der Waals surface area contributed by atoms with Gasteiger partial charge in [0.05, 0.1) is 9.75 Å². The zero-order chi connectivity index (χ0) is 21.1. The van der Waals surface area contributed by atoms with E-state index in [0.29, 0.717) is 6.61 Å². The Balaban J connectivity index is 1.61. The Kier molecular flexibility index (Phi) is 6.06. The van der Waals surface area contributed by atoms with Gasteiger partial charge in [0.1, 0.15) is 17.4 Å². The van der Waals surface area contributed by atoms with Crippen LogP contribution in [-0.4, -0.2) is 16.5 Å². The van der Waals surface area contributed by atoms with Gasteiger partial charge in [-0.05, 0) is 60.7 Å². The third kappa shape index (κ3) is 4.20. The topological polar surface area (TPSA) is 52.1 Å². The lowest BCUT2D eigenvalue weighted by atomic mass is 10.0. The lowest BCUT2D eigenvalue weighted by molar-refractivity contribution is 0.112.